The Hall–Kier alpha value is -5.06. The van der Waals surface area contributed by atoms with Crippen LogP contribution < -0.4 is 10.1 Å². The topological polar surface area (TPSA) is 145 Å². The van der Waals surface area contributed by atoms with Gasteiger partial charge in [-0.05, 0) is 34.7 Å². The van der Waals surface area contributed by atoms with E-state index in [0.717, 1.165) is 27.2 Å². The molecule has 2 bridgehead atoms. The number of unbranched alkanes of at least 4 members (excludes halogenated alkanes) is 1. The number of esters is 1. The molecule has 11 heteroatoms. The van der Waals surface area contributed by atoms with Crippen molar-refractivity contribution < 1.29 is 33.6 Å². The van der Waals surface area contributed by atoms with Gasteiger partial charge in [-0.1, -0.05) is 68.3 Å². The molecule has 0 unspecified atom stereocenters. The van der Waals surface area contributed by atoms with Gasteiger partial charge in [0.15, 0.2) is 6.61 Å². The Morgan fingerprint density at radius 1 is 0.932 bits per heavy atom. The zero-order valence-corrected chi connectivity index (χ0v) is 24.2. The third-order valence-electron chi connectivity index (χ3n) is 8.92. The first-order chi connectivity index (χ1) is 21.3. The molecule has 3 atom stereocenters. The fourth-order valence-corrected chi connectivity index (χ4v) is 7.08. The molecule has 44 heavy (non-hydrogen) atoms. The number of benzene rings is 3. The summed E-state index contributed by atoms with van der Waals surface area (Å²) in [4.78, 5) is 66.4. The number of ether oxygens (including phenoxy) is 2. The molecule has 1 N–H and O–H groups in total. The van der Waals surface area contributed by atoms with Crippen molar-refractivity contribution in [2.24, 2.45) is 11.8 Å². The van der Waals surface area contributed by atoms with Gasteiger partial charge in [0, 0.05) is 24.0 Å². The van der Waals surface area contributed by atoms with Crippen LogP contribution in [0.25, 0.3) is 0 Å². The van der Waals surface area contributed by atoms with E-state index in [1.807, 2.05) is 55.5 Å². The standard InChI is InChI=1S/C33H31N3O8/c1-3-4-13-25(33(40)44-17-26(37)34-23-16-18(43-2)14-15-24(23)36(41)42)35-31(38)29-27-19-9-5-6-10-20(19)28(30(29)32(35)39)22-12-8-7-11-21(22)27/h5-12,14-16,25,27-30H,3-4,13,17H2,1-2H3,(H,34,37)/t25-,27?,28?,29-,30+/m1/s1. The molecule has 0 saturated carbocycles. The molecule has 0 radical (unpaired) electrons. The number of rotatable bonds is 10. The minimum absolute atomic E-state index is 0.124. The van der Waals surface area contributed by atoms with Crippen molar-refractivity contribution >= 4 is 35.1 Å². The van der Waals surface area contributed by atoms with Crippen molar-refractivity contribution in [2.75, 3.05) is 19.0 Å². The zero-order chi connectivity index (χ0) is 31.1. The molecule has 0 spiro atoms. The highest BCUT2D eigenvalue weighted by molar-refractivity contribution is 6.10. The number of nitro benzene ring substituents is 1. The lowest BCUT2D eigenvalue weighted by Crippen LogP contribution is -2.47. The molecule has 3 amide bonds. The van der Waals surface area contributed by atoms with Crippen LogP contribution in [-0.2, 0) is 23.9 Å². The third-order valence-corrected chi connectivity index (χ3v) is 8.92. The minimum Gasteiger partial charge on any atom is -0.497 e. The van der Waals surface area contributed by atoms with Gasteiger partial charge in [-0.15, -0.1) is 0 Å². The summed E-state index contributed by atoms with van der Waals surface area (Å²) in [6.07, 6.45) is 1.43. The number of anilines is 1. The van der Waals surface area contributed by atoms with E-state index in [4.69, 9.17) is 9.47 Å². The smallest absolute Gasteiger partial charge is 0.329 e. The minimum atomic E-state index is -1.20. The molecular weight excluding hydrogens is 566 g/mol. The Bertz CT molecular complexity index is 1570. The molecule has 3 aliphatic carbocycles. The summed E-state index contributed by atoms with van der Waals surface area (Å²) in [5.74, 6) is -4.15. The SMILES string of the molecule is CCCC[C@H](C(=O)OCC(=O)Nc1cc(OC)ccc1[N+](=O)[O-])N1C(=O)[C@@H]2C3c4ccccc4C(c4ccccc43)[C@@H]2C1=O. The van der Waals surface area contributed by atoms with Crippen molar-refractivity contribution in [2.45, 2.75) is 44.1 Å². The quantitative estimate of drug-likeness (QED) is 0.155. The summed E-state index contributed by atoms with van der Waals surface area (Å²) in [5.41, 5.74) is 3.61. The number of nitrogens with zero attached hydrogens (tertiary/aromatic N) is 2. The highest BCUT2D eigenvalue weighted by Crippen LogP contribution is 2.61. The van der Waals surface area contributed by atoms with Crippen molar-refractivity contribution in [3.63, 3.8) is 0 Å². The molecule has 11 nitrogen and oxygen atoms in total. The van der Waals surface area contributed by atoms with Crippen LogP contribution in [0.1, 0.15) is 60.3 Å². The number of likely N-dealkylation sites (tertiary alicyclic amines) is 1. The number of carbonyl (C=O) groups excluding carboxylic acids is 4. The lowest BCUT2D eigenvalue weighted by atomic mass is 9.55. The molecule has 7 rings (SSSR count). The largest absolute Gasteiger partial charge is 0.497 e. The number of amides is 3. The number of imide groups is 1. The predicted molar refractivity (Wildman–Crippen MR) is 158 cm³/mol. The van der Waals surface area contributed by atoms with Gasteiger partial charge in [-0.25, -0.2) is 4.79 Å². The first kappa shape index (κ1) is 29.0. The van der Waals surface area contributed by atoms with Gasteiger partial charge in [-0.3, -0.25) is 29.4 Å². The molecular formula is C33H31N3O8. The van der Waals surface area contributed by atoms with E-state index in [9.17, 15) is 29.3 Å². The van der Waals surface area contributed by atoms with E-state index >= 15 is 0 Å². The number of nitro groups is 1. The lowest BCUT2D eigenvalue weighted by molar-refractivity contribution is -0.383. The van der Waals surface area contributed by atoms with Crippen LogP contribution in [0, 0.1) is 22.0 Å². The monoisotopic (exact) mass is 597 g/mol. The van der Waals surface area contributed by atoms with Crippen molar-refractivity contribution in [3.8, 4) is 5.75 Å². The summed E-state index contributed by atoms with van der Waals surface area (Å²) in [6, 6.07) is 18.4. The third kappa shape index (κ3) is 4.68. The Balaban J connectivity index is 1.24. The molecule has 4 aliphatic rings. The van der Waals surface area contributed by atoms with Crippen LogP contribution in [0.15, 0.2) is 66.7 Å². The summed E-state index contributed by atoms with van der Waals surface area (Å²) in [6.45, 7) is 1.17. The van der Waals surface area contributed by atoms with E-state index in [2.05, 4.69) is 5.32 Å². The normalized spacial score (nSPS) is 21.6. The van der Waals surface area contributed by atoms with E-state index in [-0.39, 0.29) is 35.4 Å². The average molecular weight is 598 g/mol. The van der Waals surface area contributed by atoms with Gasteiger partial charge in [0.1, 0.15) is 17.5 Å². The maximum Gasteiger partial charge on any atom is 0.329 e. The lowest BCUT2D eigenvalue weighted by Gasteiger charge is -2.45. The van der Waals surface area contributed by atoms with Gasteiger partial charge >= 0.3 is 5.97 Å². The number of hydrogen-bond donors (Lipinski definition) is 1. The molecule has 3 aromatic carbocycles. The molecule has 1 fully saturated rings. The van der Waals surface area contributed by atoms with Gasteiger partial charge in [0.25, 0.3) is 11.6 Å². The molecule has 1 saturated heterocycles. The highest BCUT2D eigenvalue weighted by Gasteiger charge is 2.63. The second kappa shape index (κ2) is 11.6. The maximum absolute atomic E-state index is 14.2. The second-order valence-corrected chi connectivity index (χ2v) is 11.3. The van der Waals surface area contributed by atoms with Gasteiger partial charge in [0.05, 0.1) is 23.9 Å². The number of hydrogen-bond acceptors (Lipinski definition) is 8. The number of methoxy groups -OCH3 is 1. The number of carbonyl (C=O) groups is 4. The van der Waals surface area contributed by atoms with E-state index in [0.29, 0.717) is 12.8 Å². The van der Waals surface area contributed by atoms with E-state index < -0.39 is 53.1 Å². The Morgan fingerprint density at radius 2 is 1.48 bits per heavy atom. The van der Waals surface area contributed by atoms with Gasteiger partial charge in [0.2, 0.25) is 11.8 Å². The van der Waals surface area contributed by atoms with Crippen LogP contribution in [0.2, 0.25) is 0 Å². The Morgan fingerprint density at radius 3 is 1.95 bits per heavy atom. The summed E-state index contributed by atoms with van der Waals surface area (Å²) in [5, 5.41) is 13.8. The zero-order valence-electron chi connectivity index (χ0n) is 24.2. The first-order valence-corrected chi connectivity index (χ1v) is 14.6. The van der Waals surface area contributed by atoms with Crippen LogP contribution in [0.5, 0.6) is 5.75 Å². The molecule has 226 valence electrons. The van der Waals surface area contributed by atoms with Crippen LogP contribution >= 0.6 is 0 Å². The first-order valence-electron chi connectivity index (χ1n) is 14.6. The van der Waals surface area contributed by atoms with Gasteiger partial charge < -0.3 is 14.8 Å². The average Bonchev–Trinajstić information content (AvgIpc) is 3.29. The van der Waals surface area contributed by atoms with Crippen LogP contribution in [-0.4, -0.2) is 53.3 Å². The Kier molecular flexibility index (Phi) is 7.62. The summed E-state index contributed by atoms with van der Waals surface area (Å²) in [7, 11) is 1.38. The van der Waals surface area contributed by atoms with Crippen molar-refractivity contribution in [3.05, 3.63) is 99.1 Å². The fourth-order valence-electron chi connectivity index (χ4n) is 7.08. The fraction of sp³-hybridized carbons (Fsp3) is 0.333. The Labute approximate surface area is 253 Å². The van der Waals surface area contributed by atoms with Crippen molar-refractivity contribution in [1.82, 2.24) is 4.90 Å². The molecule has 3 aromatic rings. The van der Waals surface area contributed by atoms with E-state index in [1.54, 1.807) is 0 Å². The molecule has 0 aromatic heterocycles. The predicted octanol–water partition coefficient (Wildman–Crippen LogP) is 4.54. The van der Waals surface area contributed by atoms with Crippen LogP contribution in [0.3, 0.4) is 0 Å². The highest BCUT2D eigenvalue weighted by atomic mass is 16.6. The second-order valence-electron chi connectivity index (χ2n) is 11.3. The molecule has 1 heterocycles. The summed E-state index contributed by atoms with van der Waals surface area (Å²) < 4.78 is 10.4. The molecule has 1 aliphatic heterocycles. The van der Waals surface area contributed by atoms with E-state index in [1.165, 1.54) is 25.3 Å². The maximum atomic E-state index is 14.2. The number of nitrogens with one attached hydrogen (secondary N) is 1. The van der Waals surface area contributed by atoms with Gasteiger partial charge in [-0.2, -0.15) is 0 Å². The summed E-state index contributed by atoms with van der Waals surface area (Å²) >= 11 is 0. The van der Waals surface area contributed by atoms with Crippen molar-refractivity contribution in [1.29, 1.82) is 0 Å². The van der Waals surface area contributed by atoms with Crippen LogP contribution in [0.4, 0.5) is 11.4 Å².